The molecule has 2 heterocycles. The van der Waals surface area contributed by atoms with Gasteiger partial charge in [0.2, 0.25) is 11.8 Å². The summed E-state index contributed by atoms with van der Waals surface area (Å²) in [4.78, 5) is 20.8. The van der Waals surface area contributed by atoms with Crippen LogP contribution >= 0.6 is 11.3 Å². The standard InChI is InChI=1S/C18H13N3O2S/c1-11-5-4-8-14-17(11)21-18(24-14)20-15(22)9-10-16-19-12-6-2-3-7-13(12)23-16/h2-10H,1H3,(H,20,21,22)/b10-9+. The van der Waals surface area contributed by atoms with Gasteiger partial charge in [0.05, 0.1) is 10.2 Å². The molecule has 4 rings (SSSR count). The molecule has 0 spiro atoms. The number of para-hydroxylation sites is 3. The monoisotopic (exact) mass is 335 g/mol. The number of nitrogens with one attached hydrogen (secondary N) is 1. The number of rotatable bonds is 3. The van der Waals surface area contributed by atoms with Crippen molar-refractivity contribution < 1.29 is 9.21 Å². The number of hydrogen-bond donors (Lipinski definition) is 1. The maximum absolute atomic E-state index is 12.1. The van der Waals surface area contributed by atoms with E-state index in [0.29, 0.717) is 16.6 Å². The van der Waals surface area contributed by atoms with E-state index in [0.717, 1.165) is 21.3 Å². The molecule has 0 saturated heterocycles. The van der Waals surface area contributed by atoms with Crippen LogP contribution in [0.25, 0.3) is 27.4 Å². The third-order valence-corrected chi connectivity index (χ3v) is 4.47. The molecule has 0 unspecified atom stereocenters. The van der Waals surface area contributed by atoms with Crippen LogP contribution in [0.2, 0.25) is 0 Å². The maximum Gasteiger partial charge on any atom is 0.250 e. The molecular weight excluding hydrogens is 322 g/mol. The highest BCUT2D eigenvalue weighted by Gasteiger charge is 2.08. The molecule has 1 N–H and O–H groups in total. The van der Waals surface area contributed by atoms with Crippen LogP contribution in [0.1, 0.15) is 11.5 Å². The lowest BCUT2D eigenvalue weighted by molar-refractivity contribution is -0.111. The Hall–Kier alpha value is -2.99. The molecule has 0 saturated carbocycles. The van der Waals surface area contributed by atoms with Crippen LogP contribution in [-0.2, 0) is 4.79 Å². The zero-order chi connectivity index (χ0) is 16.5. The van der Waals surface area contributed by atoms with Crippen LogP contribution in [0.3, 0.4) is 0 Å². The Balaban J connectivity index is 1.51. The lowest BCUT2D eigenvalue weighted by Gasteiger charge is -1.94. The van der Waals surface area contributed by atoms with Crippen LogP contribution in [0.5, 0.6) is 0 Å². The number of thiazole rings is 1. The van der Waals surface area contributed by atoms with Gasteiger partial charge in [0, 0.05) is 12.2 Å². The predicted octanol–water partition coefficient (Wildman–Crippen LogP) is 4.40. The number of carbonyl (C=O) groups excluding carboxylic acids is 1. The van der Waals surface area contributed by atoms with Crippen molar-refractivity contribution in [3.8, 4) is 0 Å². The number of benzene rings is 2. The fraction of sp³-hybridized carbons (Fsp3) is 0.0556. The van der Waals surface area contributed by atoms with Gasteiger partial charge >= 0.3 is 0 Å². The van der Waals surface area contributed by atoms with E-state index >= 15 is 0 Å². The van der Waals surface area contributed by atoms with E-state index in [2.05, 4.69) is 15.3 Å². The molecule has 0 aliphatic heterocycles. The number of anilines is 1. The molecule has 118 valence electrons. The molecule has 6 heteroatoms. The maximum atomic E-state index is 12.1. The number of amides is 1. The molecule has 4 aromatic rings. The summed E-state index contributed by atoms with van der Waals surface area (Å²) >= 11 is 1.45. The van der Waals surface area contributed by atoms with Gasteiger partial charge in [-0.3, -0.25) is 10.1 Å². The molecule has 0 fully saturated rings. The molecule has 1 amide bonds. The van der Waals surface area contributed by atoms with Gasteiger partial charge in [0.25, 0.3) is 0 Å². The molecule has 0 aliphatic rings. The van der Waals surface area contributed by atoms with Crippen molar-refractivity contribution in [2.24, 2.45) is 0 Å². The van der Waals surface area contributed by atoms with Crippen LogP contribution in [0.15, 0.2) is 53.0 Å². The van der Waals surface area contributed by atoms with Crippen molar-refractivity contribution in [1.82, 2.24) is 9.97 Å². The normalized spacial score (nSPS) is 11.5. The second-order valence-corrected chi connectivity index (χ2v) is 6.31. The minimum absolute atomic E-state index is 0.269. The Morgan fingerprint density at radius 3 is 2.88 bits per heavy atom. The second kappa shape index (κ2) is 5.90. The summed E-state index contributed by atoms with van der Waals surface area (Å²) in [5.41, 5.74) is 3.46. The SMILES string of the molecule is Cc1cccc2sc(NC(=O)/C=C/c3nc4ccccc4o3)nc12. The van der Waals surface area contributed by atoms with Gasteiger partial charge in [-0.1, -0.05) is 35.6 Å². The first-order valence-electron chi connectivity index (χ1n) is 7.40. The van der Waals surface area contributed by atoms with E-state index in [1.54, 1.807) is 6.08 Å². The van der Waals surface area contributed by atoms with Gasteiger partial charge in [-0.15, -0.1) is 0 Å². The number of nitrogens with zero attached hydrogens (tertiary/aromatic N) is 2. The molecular formula is C18H13N3O2S. The fourth-order valence-corrected chi connectivity index (χ4v) is 3.34. The molecule has 2 aromatic carbocycles. The summed E-state index contributed by atoms with van der Waals surface area (Å²) in [6.45, 7) is 2.00. The highest BCUT2D eigenvalue weighted by molar-refractivity contribution is 7.22. The summed E-state index contributed by atoms with van der Waals surface area (Å²) in [6.07, 6.45) is 2.94. The van der Waals surface area contributed by atoms with Gasteiger partial charge in [-0.25, -0.2) is 9.97 Å². The minimum atomic E-state index is -0.269. The summed E-state index contributed by atoms with van der Waals surface area (Å²) < 4.78 is 6.59. The number of oxazole rings is 1. The first-order chi connectivity index (χ1) is 11.7. The van der Waals surface area contributed by atoms with E-state index in [1.165, 1.54) is 17.4 Å². The Kier molecular flexibility index (Phi) is 3.59. The van der Waals surface area contributed by atoms with Crippen molar-refractivity contribution in [3.05, 3.63) is 60.0 Å². The first kappa shape index (κ1) is 14.6. The summed E-state index contributed by atoms with van der Waals surface area (Å²) in [5.74, 6) is 0.125. The molecule has 2 aromatic heterocycles. The number of hydrogen-bond acceptors (Lipinski definition) is 5. The molecule has 0 radical (unpaired) electrons. The van der Waals surface area contributed by atoms with Crippen molar-refractivity contribution >= 4 is 49.8 Å². The lowest BCUT2D eigenvalue weighted by Crippen LogP contribution is -2.07. The summed E-state index contributed by atoms with van der Waals surface area (Å²) in [5, 5.41) is 3.35. The van der Waals surface area contributed by atoms with E-state index < -0.39 is 0 Å². The van der Waals surface area contributed by atoms with Crippen LogP contribution in [0, 0.1) is 6.92 Å². The fourth-order valence-electron chi connectivity index (χ4n) is 2.40. The smallest absolute Gasteiger partial charge is 0.250 e. The number of aromatic nitrogens is 2. The third-order valence-electron chi connectivity index (χ3n) is 3.54. The topological polar surface area (TPSA) is 68.0 Å². The van der Waals surface area contributed by atoms with E-state index in [-0.39, 0.29) is 5.91 Å². The Bertz CT molecular complexity index is 1050. The first-order valence-corrected chi connectivity index (χ1v) is 8.21. The van der Waals surface area contributed by atoms with Crippen molar-refractivity contribution in [1.29, 1.82) is 0 Å². The number of aryl methyl sites for hydroxylation is 1. The lowest BCUT2D eigenvalue weighted by atomic mass is 10.2. The highest BCUT2D eigenvalue weighted by Crippen LogP contribution is 2.27. The molecule has 24 heavy (non-hydrogen) atoms. The predicted molar refractivity (Wildman–Crippen MR) is 96.0 cm³/mol. The van der Waals surface area contributed by atoms with E-state index in [9.17, 15) is 4.79 Å². The molecule has 5 nitrogen and oxygen atoms in total. The summed E-state index contributed by atoms with van der Waals surface area (Å²) in [7, 11) is 0. The molecule has 0 atom stereocenters. The second-order valence-electron chi connectivity index (χ2n) is 5.28. The Morgan fingerprint density at radius 2 is 2.04 bits per heavy atom. The highest BCUT2D eigenvalue weighted by atomic mass is 32.1. The van der Waals surface area contributed by atoms with Gasteiger partial charge in [0.15, 0.2) is 10.7 Å². The van der Waals surface area contributed by atoms with E-state index in [4.69, 9.17) is 4.42 Å². The number of fused-ring (bicyclic) bond motifs is 2. The van der Waals surface area contributed by atoms with Crippen LogP contribution in [0.4, 0.5) is 5.13 Å². The Morgan fingerprint density at radius 1 is 1.17 bits per heavy atom. The minimum Gasteiger partial charge on any atom is -0.437 e. The van der Waals surface area contributed by atoms with Crippen molar-refractivity contribution in [2.45, 2.75) is 6.92 Å². The molecule has 0 bridgehead atoms. The average molecular weight is 335 g/mol. The summed E-state index contributed by atoms with van der Waals surface area (Å²) in [6, 6.07) is 13.4. The zero-order valence-corrected chi connectivity index (χ0v) is 13.6. The van der Waals surface area contributed by atoms with Crippen molar-refractivity contribution in [2.75, 3.05) is 5.32 Å². The molecule has 0 aliphatic carbocycles. The van der Waals surface area contributed by atoms with Gasteiger partial charge in [-0.05, 0) is 30.7 Å². The van der Waals surface area contributed by atoms with Gasteiger partial charge in [-0.2, -0.15) is 0 Å². The van der Waals surface area contributed by atoms with Gasteiger partial charge in [0.1, 0.15) is 5.52 Å². The third kappa shape index (κ3) is 2.79. The largest absolute Gasteiger partial charge is 0.437 e. The number of carbonyl (C=O) groups is 1. The quantitative estimate of drug-likeness (QED) is 0.564. The Labute approximate surface area is 141 Å². The van der Waals surface area contributed by atoms with Crippen LogP contribution in [-0.4, -0.2) is 15.9 Å². The van der Waals surface area contributed by atoms with Crippen LogP contribution < -0.4 is 5.32 Å². The van der Waals surface area contributed by atoms with Gasteiger partial charge < -0.3 is 4.42 Å². The van der Waals surface area contributed by atoms with Crippen molar-refractivity contribution in [3.63, 3.8) is 0 Å². The average Bonchev–Trinajstić information content (AvgIpc) is 3.16. The van der Waals surface area contributed by atoms with E-state index in [1.807, 2.05) is 49.4 Å². The zero-order valence-electron chi connectivity index (χ0n) is 12.8.